The van der Waals surface area contributed by atoms with Gasteiger partial charge < -0.3 is 9.47 Å². The number of rotatable bonds is 4. The van der Waals surface area contributed by atoms with Crippen molar-refractivity contribution in [1.29, 1.82) is 0 Å². The summed E-state index contributed by atoms with van der Waals surface area (Å²) in [7, 11) is 1.75. The van der Waals surface area contributed by atoms with E-state index in [4.69, 9.17) is 14.6 Å². The van der Waals surface area contributed by atoms with Gasteiger partial charge in [-0.3, -0.25) is 9.58 Å². The van der Waals surface area contributed by atoms with Gasteiger partial charge in [0.1, 0.15) is 0 Å². The molecule has 3 heterocycles. The topological polar surface area (TPSA) is 39.5 Å². The lowest BCUT2D eigenvalue weighted by Gasteiger charge is -2.37. The number of fused-ring (bicyclic) bond motifs is 1. The van der Waals surface area contributed by atoms with Crippen LogP contribution in [-0.2, 0) is 29.0 Å². The Balaban J connectivity index is 1.83. The second-order valence-electron chi connectivity index (χ2n) is 6.41. The van der Waals surface area contributed by atoms with Crippen LogP contribution >= 0.6 is 0 Å². The second kappa shape index (κ2) is 6.46. The highest BCUT2D eigenvalue weighted by Gasteiger charge is 2.30. The fraction of sp³-hybridized carbons (Fsp3) is 0.812. The zero-order valence-electron chi connectivity index (χ0n) is 13.5. The van der Waals surface area contributed by atoms with Crippen molar-refractivity contribution >= 4 is 0 Å². The summed E-state index contributed by atoms with van der Waals surface area (Å²) in [4.78, 5) is 2.63. The van der Waals surface area contributed by atoms with E-state index in [-0.39, 0.29) is 0 Å². The van der Waals surface area contributed by atoms with Gasteiger partial charge in [-0.05, 0) is 33.1 Å². The number of ether oxygens (including phenoxy) is 2. The molecule has 0 bridgehead atoms. The molecular formula is C16H27N3O2. The fourth-order valence-corrected chi connectivity index (χ4v) is 3.58. The first kappa shape index (κ1) is 15.0. The molecule has 0 N–H and O–H groups in total. The maximum Gasteiger partial charge on any atom is 0.0917 e. The second-order valence-corrected chi connectivity index (χ2v) is 6.41. The van der Waals surface area contributed by atoms with E-state index < -0.39 is 0 Å². The van der Waals surface area contributed by atoms with Crippen LogP contribution in [0.2, 0.25) is 0 Å². The summed E-state index contributed by atoms with van der Waals surface area (Å²) < 4.78 is 13.0. The molecule has 0 aromatic carbocycles. The van der Waals surface area contributed by atoms with Gasteiger partial charge in [0.25, 0.3) is 0 Å². The van der Waals surface area contributed by atoms with Crippen molar-refractivity contribution in [1.82, 2.24) is 14.7 Å². The van der Waals surface area contributed by atoms with E-state index in [2.05, 4.69) is 23.4 Å². The van der Waals surface area contributed by atoms with Crippen LogP contribution < -0.4 is 0 Å². The number of aromatic nitrogens is 2. The van der Waals surface area contributed by atoms with Crippen molar-refractivity contribution in [2.75, 3.05) is 26.9 Å². The summed E-state index contributed by atoms with van der Waals surface area (Å²) in [5, 5.41) is 4.80. The van der Waals surface area contributed by atoms with Crippen molar-refractivity contribution in [3.05, 3.63) is 17.0 Å². The molecule has 2 aliphatic heterocycles. The first-order valence-corrected chi connectivity index (χ1v) is 8.10. The van der Waals surface area contributed by atoms with Crippen LogP contribution in [0.5, 0.6) is 0 Å². The minimum absolute atomic E-state index is 0.402. The lowest BCUT2D eigenvalue weighted by Crippen LogP contribution is -2.42. The average Bonchev–Trinajstić information content (AvgIpc) is 2.87. The predicted molar refractivity (Wildman–Crippen MR) is 81.3 cm³/mol. The average molecular weight is 293 g/mol. The third kappa shape index (κ3) is 3.00. The molecule has 1 aromatic heterocycles. The Morgan fingerprint density at radius 3 is 2.76 bits per heavy atom. The van der Waals surface area contributed by atoms with Gasteiger partial charge in [-0.1, -0.05) is 0 Å². The first-order valence-electron chi connectivity index (χ1n) is 8.10. The zero-order valence-corrected chi connectivity index (χ0v) is 13.5. The minimum Gasteiger partial charge on any atom is -0.381 e. The smallest absolute Gasteiger partial charge is 0.0917 e. The third-order valence-corrected chi connectivity index (χ3v) is 4.68. The largest absolute Gasteiger partial charge is 0.381 e. The van der Waals surface area contributed by atoms with E-state index >= 15 is 0 Å². The molecular weight excluding hydrogens is 266 g/mol. The van der Waals surface area contributed by atoms with Crippen molar-refractivity contribution < 1.29 is 9.47 Å². The van der Waals surface area contributed by atoms with Crippen LogP contribution in [0.25, 0.3) is 0 Å². The Labute approximate surface area is 127 Å². The molecule has 21 heavy (non-hydrogen) atoms. The lowest BCUT2D eigenvalue weighted by molar-refractivity contribution is 0.0278. The number of hydrogen-bond acceptors (Lipinski definition) is 4. The zero-order chi connectivity index (χ0) is 14.8. The van der Waals surface area contributed by atoms with E-state index in [1.54, 1.807) is 7.11 Å². The maximum absolute atomic E-state index is 5.50. The Hall–Kier alpha value is -0.910. The standard InChI is InChI=1S/C16H27N3O2/c1-12(2)19-16-10-18(13-5-8-21-9-6-13)7-4-14(16)15(17-19)11-20-3/h12-13H,4-11H2,1-3H3. The molecule has 1 fully saturated rings. The summed E-state index contributed by atoms with van der Waals surface area (Å²) in [5.74, 6) is 0. The van der Waals surface area contributed by atoms with E-state index in [1.165, 1.54) is 11.3 Å². The van der Waals surface area contributed by atoms with E-state index in [0.29, 0.717) is 18.7 Å². The SMILES string of the molecule is COCc1nn(C(C)C)c2c1CCN(C1CCOCC1)C2. The van der Waals surface area contributed by atoms with Crippen LogP contribution in [0.4, 0.5) is 0 Å². The van der Waals surface area contributed by atoms with Crippen molar-refractivity contribution in [3.63, 3.8) is 0 Å². The highest BCUT2D eigenvalue weighted by atomic mass is 16.5. The van der Waals surface area contributed by atoms with Gasteiger partial charge in [0.15, 0.2) is 0 Å². The van der Waals surface area contributed by atoms with Crippen LogP contribution in [-0.4, -0.2) is 47.6 Å². The maximum atomic E-state index is 5.50. The van der Waals surface area contributed by atoms with Crippen molar-refractivity contribution in [2.24, 2.45) is 0 Å². The molecule has 0 unspecified atom stereocenters. The fourth-order valence-electron chi connectivity index (χ4n) is 3.58. The summed E-state index contributed by atoms with van der Waals surface area (Å²) in [6, 6.07) is 1.08. The summed E-state index contributed by atoms with van der Waals surface area (Å²) in [6.45, 7) is 9.01. The first-order chi connectivity index (χ1) is 10.2. The molecule has 0 amide bonds. The number of nitrogens with zero attached hydrogens (tertiary/aromatic N) is 3. The van der Waals surface area contributed by atoms with E-state index in [1.807, 2.05) is 0 Å². The summed E-state index contributed by atoms with van der Waals surface area (Å²) in [5.41, 5.74) is 3.96. The number of methoxy groups -OCH3 is 1. The number of hydrogen-bond donors (Lipinski definition) is 0. The Kier molecular flexibility index (Phi) is 4.62. The molecule has 3 rings (SSSR count). The lowest BCUT2D eigenvalue weighted by atomic mass is 9.99. The highest BCUT2D eigenvalue weighted by Crippen LogP contribution is 2.28. The van der Waals surface area contributed by atoms with Crippen molar-refractivity contribution in [2.45, 2.75) is 58.3 Å². The highest BCUT2D eigenvalue weighted by molar-refractivity contribution is 5.29. The molecule has 2 aliphatic rings. The molecule has 0 spiro atoms. The van der Waals surface area contributed by atoms with Gasteiger partial charge in [0.05, 0.1) is 18.0 Å². The van der Waals surface area contributed by atoms with Crippen LogP contribution in [0.1, 0.15) is 49.7 Å². The molecule has 0 aliphatic carbocycles. The molecule has 118 valence electrons. The van der Waals surface area contributed by atoms with E-state index in [9.17, 15) is 0 Å². The van der Waals surface area contributed by atoms with Gasteiger partial charge in [0.2, 0.25) is 0 Å². The van der Waals surface area contributed by atoms with Crippen molar-refractivity contribution in [3.8, 4) is 0 Å². The van der Waals surface area contributed by atoms with Gasteiger partial charge in [-0.25, -0.2) is 0 Å². The molecule has 5 heteroatoms. The van der Waals surface area contributed by atoms with Gasteiger partial charge in [-0.2, -0.15) is 5.10 Å². The van der Waals surface area contributed by atoms with Crippen LogP contribution in [0, 0.1) is 0 Å². The van der Waals surface area contributed by atoms with Crippen LogP contribution in [0.3, 0.4) is 0 Å². The van der Waals surface area contributed by atoms with Gasteiger partial charge >= 0.3 is 0 Å². The summed E-state index contributed by atoms with van der Waals surface area (Å²) in [6.07, 6.45) is 3.42. The predicted octanol–water partition coefficient (Wildman–Crippen LogP) is 2.15. The Bertz CT molecular complexity index is 478. The molecule has 1 aromatic rings. The van der Waals surface area contributed by atoms with Crippen LogP contribution in [0.15, 0.2) is 0 Å². The normalized spacial score (nSPS) is 21.0. The molecule has 0 radical (unpaired) electrons. The molecule has 1 saturated heterocycles. The minimum atomic E-state index is 0.402. The molecule has 5 nitrogen and oxygen atoms in total. The van der Waals surface area contributed by atoms with E-state index in [0.717, 1.165) is 51.3 Å². The molecule has 0 saturated carbocycles. The Morgan fingerprint density at radius 1 is 1.33 bits per heavy atom. The molecule has 0 atom stereocenters. The summed E-state index contributed by atoms with van der Waals surface area (Å²) >= 11 is 0. The quantitative estimate of drug-likeness (QED) is 0.853. The monoisotopic (exact) mass is 293 g/mol. The Morgan fingerprint density at radius 2 is 2.10 bits per heavy atom. The third-order valence-electron chi connectivity index (χ3n) is 4.68. The van der Waals surface area contributed by atoms with Gasteiger partial charge in [0, 0.05) is 51.1 Å². The van der Waals surface area contributed by atoms with Gasteiger partial charge in [-0.15, -0.1) is 0 Å².